The van der Waals surface area contributed by atoms with Crippen molar-refractivity contribution in [1.82, 2.24) is 4.98 Å². The summed E-state index contributed by atoms with van der Waals surface area (Å²) in [6.07, 6.45) is 1.56. The molecular weight excluding hydrogens is 204 g/mol. The van der Waals surface area contributed by atoms with Crippen molar-refractivity contribution in [2.24, 2.45) is 11.7 Å². The third kappa shape index (κ3) is 2.88. The van der Waals surface area contributed by atoms with Gasteiger partial charge in [-0.2, -0.15) is 0 Å². The zero-order valence-electron chi connectivity index (χ0n) is 7.74. The maximum Gasteiger partial charge on any atom is 0.223 e. The first-order chi connectivity index (χ1) is 6.61. The zero-order chi connectivity index (χ0) is 10.6. The van der Waals surface area contributed by atoms with Crippen molar-refractivity contribution in [3.05, 3.63) is 23.5 Å². The highest BCUT2D eigenvalue weighted by Crippen LogP contribution is 2.20. The molecule has 4 nitrogen and oxygen atoms in total. The maximum atomic E-state index is 10.7. The highest BCUT2D eigenvalue weighted by molar-refractivity contribution is 6.30. The highest BCUT2D eigenvalue weighted by atomic mass is 35.5. The fraction of sp³-hybridized carbons (Fsp3) is 0.333. The Bertz CT molecular complexity index is 330. The molecule has 76 valence electrons. The van der Waals surface area contributed by atoms with Gasteiger partial charge in [0.1, 0.15) is 0 Å². The summed E-state index contributed by atoms with van der Waals surface area (Å²) >= 11 is 5.73. The van der Waals surface area contributed by atoms with Crippen LogP contribution in [0.3, 0.4) is 0 Å². The van der Waals surface area contributed by atoms with Crippen LogP contribution in [0.5, 0.6) is 5.75 Å². The van der Waals surface area contributed by atoms with Crippen LogP contribution in [0.15, 0.2) is 18.3 Å². The number of aromatic nitrogens is 1. The lowest BCUT2D eigenvalue weighted by atomic mass is 10.2. The third-order valence-corrected chi connectivity index (χ3v) is 1.98. The number of rotatable bonds is 4. The van der Waals surface area contributed by atoms with Crippen LogP contribution in [0.25, 0.3) is 0 Å². The van der Waals surface area contributed by atoms with Crippen molar-refractivity contribution < 1.29 is 9.53 Å². The topological polar surface area (TPSA) is 65.2 Å². The molecule has 1 aromatic heterocycles. The zero-order valence-corrected chi connectivity index (χ0v) is 8.49. The summed E-state index contributed by atoms with van der Waals surface area (Å²) in [5.74, 6) is -0.279. The molecule has 5 heteroatoms. The number of ether oxygens (including phenoxy) is 1. The average Bonchev–Trinajstić information content (AvgIpc) is 2.16. The highest BCUT2D eigenvalue weighted by Gasteiger charge is 2.10. The number of hydrogen-bond donors (Lipinski definition) is 1. The Morgan fingerprint density at radius 2 is 2.50 bits per heavy atom. The van der Waals surface area contributed by atoms with Gasteiger partial charge in [-0.1, -0.05) is 18.5 Å². The van der Waals surface area contributed by atoms with Crippen LogP contribution >= 0.6 is 11.6 Å². The number of amides is 1. The van der Waals surface area contributed by atoms with E-state index >= 15 is 0 Å². The van der Waals surface area contributed by atoms with Gasteiger partial charge in [0.05, 0.1) is 12.5 Å². The van der Waals surface area contributed by atoms with Crippen LogP contribution in [0.4, 0.5) is 0 Å². The fourth-order valence-electron chi connectivity index (χ4n) is 0.776. The van der Waals surface area contributed by atoms with E-state index in [2.05, 4.69) is 4.98 Å². The summed E-state index contributed by atoms with van der Waals surface area (Å²) in [5, 5.41) is 0.282. The summed E-state index contributed by atoms with van der Waals surface area (Å²) in [5.41, 5.74) is 5.07. The minimum atomic E-state index is -0.398. The molecule has 1 aromatic rings. The second-order valence-corrected chi connectivity index (χ2v) is 3.26. The smallest absolute Gasteiger partial charge is 0.223 e. The second-order valence-electron chi connectivity index (χ2n) is 2.91. The Balaban J connectivity index is 2.54. The van der Waals surface area contributed by atoms with Crippen LogP contribution in [-0.4, -0.2) is 17.5 Å². The van der Waals surface area contributed by atoms with Gasteiger partial charge in [0.2, 0.25) is 5.91 Å². The van der Waals surface area contributed by atoms with Gasteiger partial charge in [-0.3, -0.25) is 4.79 Å². The first-order valence-electron chi connectivity index (χ1n) is 4.14. The second kappa shape index (κ2) is 4.81. The number of nitrogens with two attached hydrogens (primary N) is 1. The van der Waals surface area contributed by atoms with Crippen LogP contribution < -0.4 is 10.5 Å². The average molecular weight is 215 g/mol. The molecule has 0 radical (unpaired) electrons. The van der Waals surface area contributed by atoms with Gasteiger partial charge in [0.25, 0.3) is 0 Å². The van der Waals surface area contributed by atoms with E-state index < -0.39 is 5.91 Å². The first-order valence-corrected chi connectivity index (χ1v) is 4.51. The number of carbonyl (C=O) groups is 1. The molecular formula is C9H11ClN2O2. The number of halogens is 1. The number of hydrogen-bond acceptors (Lipinski definition) is 3. The van der Waals surface area contributed by atoms with E-state index in [1.54, 1.807) is 25.3 Å². The Morgan fingerprint density at radius 3 is 3.07 bits per heavy atom. The molecule has 0 saturated carbocycles. The molecule has 0 spiro atoms. The number of pyridine rings is 1. The van der Waals surface area contributed by atoms with E-state index in [1.807, 2.05) is 0 Å². The fourth-order valence-corrected chi connectivity index (χ4v) is 0.950. The predicted octanol–water partition coefficient (Wildman–Crippen LogP) is 1.24. The summed E-state index contributed by atoms with van der Waals surface area (Å²) in [4.78, 5) is 14.5. The SMILES string of the molecule is CC(COc1cccnc1Cl)C(N)=O. The van der Waals surface area contributed by atoms with E-state index in [0.29, 0.717) is 5.75 Å². The Kier molecular flexibility index (Phi) is 3.71. The summed E-state index contributed by atoms with van der Waals surface area (Å²) < 4.78 is 5.26. The standard InChI is InChI=1S/C9H11ClN2O2/c1-6(9(11)13)5-14-7-3-2-4-12-8(7)10/h2-4,6H,5H2,1H3,(H2,11,13). The van der Waals surface area contributed by atoms with Gasteiger partial charge in [0, 0.05) is 6.20 Å². The van der Waals surface area contributed by atoms with Gasteiger partial charge in [-0.25, -0.2) is 4.98 Å². The lowest BCUT2D eigenvalue weighted by Gasteiger charge is -2.10. The van der Waals surface area contributed by atoms with Gasteiger partial charge in [0.15, 0.2) is 10.9 Å². The summed E-state index contributed by atoms with van der Waals surface area (Å²) in [6, 6.07) is 3.39. The monoisotopic (exact) mass is 214 g/mol. The molecule has 0 saturated heterocycles. The molecule has 0 aliphatic carbocycles. The quantitative estimate of drug-likeness (QED) is 0.767. The molecule has 14 heavy (non-hydrogen) atoms. The molecule has 1 rings (SSSR count). The predicted molar refractivity (Wildman–Crippen MR) is 53.1 cm³/mol. The molecule has 2 N–H and O–H groups in total. The molecule has 1 heterocycles. The lowest BCUT2D eigenvalue weighted by molar-refractivity contribution is -0.122. The van der Waals surface area contributed by atoms with E-state index in [4.69, 9.17) is 22.1 Å². The van der Waals surface area contributed by atoms with E-state index in [0.717, 1.165) is 0 Å². The van der Waals surface area contributed by atoms with Crippen LogP contribution in [0.2, 0.25) is 5.15 Å². The van der Waals surface area contributed by atoms with E-state index in [-0.39, 0.29) is 17.7 Å². The molecule has 1 atom stereocenters. The molecule has 0 aromatic carbocycles. The lowest BCUT2D eigenvalue weighted by Crippen LogP contribution is -2.25. The Hall–Kier alpha value is -1.29. The maximum absolute atomic E-state index is 10.7. The van der Waals surface area contributed by atoms with Crippen molar-refractivity contribution in [1.29, 1.82) is 0 Å². The van der Waals surface area contributed by atoms with Crippen LogP contribution in [0.1, 0.15) is 6.92 Å². The van der Waals surface area contributed by atoms with Gasteiger partial charge in [-0.15, -0.1) is 0 Å². The third-order valence-electron chi connectivity index (χ3n) is 1.70. The molecule has 1 unspecified atom stereocenters. The minimum absolute atomic E-state index is 0.209. The number of carbonyl (C=O) groups excluding carboxylic acids is 1. The Morgan fingerprint density at radius 1 is 1.79 bits per heavy atom. The van der Waals surface area contributed by atoms with Crippen molar-refractivity contribution in [3.8, 4) is 5.75 Å². The molecule has 1 amide bonds. The van der Waals surface area contributed by atoms with Gasteiger partial charge >= 0.3 is 0 Å². The molecule has 0 aliphatic heterocycles. The molecule has 0 bridgehead atoms. The Labute approximate surface area is 87.0 Å². The minimum Gasteiger partial charge on any atom is -0.490 e. The normalized spacial score (nSPS) is 12.1. The van der Waals surface area contributed by atoms with E-state index in [1.165, 1.54) is 0 Å². The van der Waals surface area contributed by atoms with Crippen molar-refractivity contribution in [3.63, 3.8) is 0 Å². The molecule has 0 fully saturated rings. The number of nitrogens with zero attached hydrogens (tertiary/aromatic N) is 1. The summed E-state index contributed by atoms with van der Waals surface area (Å²) in [6.45, 7) is 1.90. The number of primary amides is 1. The van der Waals surface area contributed by atoms with Crippen LogP contribution in [0, 0.1) is 5.92 Å². The largest absolute Gasteiger partial charge is 0.490 e. The van der Waals surface area contributed by atoms with Gasteiger partial charge < -0.3 is 10.5 Å². The van der Waals surface area contributed by atoms with Gasteiger partial charge in [-0.05, 0) is 12.1 Å². The van der Waals surface area contributed by atoms with Crippen molar-refractivity contribution >= 4 is 17.5 Å². The first kappa shape index (κ1) is 10.8. The van der Waals surface area contributed by atoms with Crippen LogP contribution in [-0.2, 0) is 4.79 Å². The van der Waals surface area contributed by atoms with E-state index in [9.17, 15) is 4.79 Å². The summed E-state index contributed by atoms with van der Waals surface area (Å²) in [7, 11) is 0. The molecule has 0 aliphatic rings. The van der Waals surface area contributed by atoms with Crippen molar-refractivity contribution in [2.75, 3.05) is 6.61 Å². The van der Waals surface area contributed by atoms with Crippen molar-refractivity contribution in [2.45, 2.75) is 6.92 Å².